The minimum atomic E-state index is -5.87. The molecule has 4 N–H and O–H groups in total. The lowest BCUT2D eigenvalue weighted by Gasteiger charge is -2.24. The molecule has 17 nitrogen and oxygen atoms in total. The van der Waals surface area contributed by atoms with Crippen molar-refractivity contribution in [2.24, 2.45) is 5.92 Å². The van der Waals surface area contributed by atoms with Crippen LogP contribution in [-0.4, -0.2) is 49.7 Å². The number of aromatic nitrogens is 2. The zero-order valence-electron chi connectivity index (χ0n) is 34.2. The van der Waals surface area contributed by atoms with E-state index in [0.29, 0.717) is 19.3 Å². The van der Waals surface area contributed by atoms with Crippen molar-refractivity contribution in [2.45, 2.75) is 168 Å². The first-order valence-corrected chi connectivity index (χ1v) is 26.8. The zero-order chi connectivity index (χ0) is 42.4. The SMILES string of the molecule is CCCCCCCCCCCCCCCCCCP(=O)(OCC(CC)CCCC)OP(=O)(O)OP(=O)(O)OP(=O)(O)OC[C@@H]1C=C[C@H](n2cc(C)c(=O)[nH]c2=O)O1. The Hall–Kier alpha value is -1.02. The summed E-state index contributed by atoms with van der Waals surface area (Å²) < 4.78 is 82.4. The molecule has 1 aliphatic rings. The number of hydrogen-bond acceptors (Lipinski definition) is 12. The van der Waals surface area contributed by atoms with Crippen molar-refractivity contribution in [1.29, 1.82) is 0 Å². The summed E-state index contributed by atoms with van der Waals surface area (Å²) in [6.07, 6.45) is 22.9. The maximum atomic E-state index is 13.8. The lowest BCUT2D eigenvalue weighted by atomic mass is 10.0. The molecule has 0 amide bonds. The van der Waals surface area contributed by atoms with E-state index in [9.17, 15) is 42.5 Å². The van der Waals surface area contributed by atoms with Gasteiger partial charge < -0.3 is 23.9 Å². The van der Waals surface area contributed by atoms with Gasteiger partial charge in [-0.15, -0.1) is 0 Å². The van der Waals surface area contributed by atoms with E-state index in [1.807, 2.05) is 13.8 Å². The van der Waals surface area contributed by atoms with E-state index < -0.39 is 61.3 Å². The Labute approximate surface area is 338 Å². The molecule has 7 atom stereocenters. The van der Waals surface area contributed by atoms with Crippen LogP contribution in [0.25, 0.3) is 0 Å². The van der Waals surface area contributed by atoms with Crippen LogP contribution in [0, 0.1) is 12.8 Å². The van der Waals surface area contributed by atoms with Gasteiger partial charge in [0.15, 0.2) is 6.23 Å². The van der Waals surface area contributed by atoms with Crippen molar-refractivity contribution in [3.05, 3.63) is 44.8 Å². The Morgan fingerprint density at radius 1 is 0.702 bits per heavy atom. The fourth-order valence-electron chi connectivity index (χ4n) is 6.26. The van der Waals surface area contributed by atoms with Crippen LogP contribution in [0.1, 0.15) is 161 Å². The Bertz CT molecular complexity index is 1650. The van der Waals surface area contributed by atoms with Gasteiger partial charge in [0.1, 0.15) is 6.10 Å². The molecule has 0 fully saturated rings. The van der Waals surface area contributed by atoms with Gasteiger partial charge >= 0.3 is 36.8 Å². The van der Waals surface area contributed by atoms with Gasteiger partial charge in [-0.25, -0.2) is 22.8 Å². The van der Waals surface area contributed by atoms with Gasteiger partial charge in [-0.3, -0.25) is 23.4 Å². The second-order valence-electron chi connectivity index (χ2n) is 14.7. The molecule has 0 radical (unpaired) electrons. The van der Waals surface area contributed by atoms with Crippen LogP contribution >= 0.6 is 31.1 Å². The summed E-state index contributed by atoms with van der Waals surface area (Å²) in [5, 5.41) is 0. The fraction of sp³-hybridized carbons (Fsp3) is 0.833. The summed E-state index contributed by atoms with van der Waals surface area (Å²) in [6, 6.07) is 0. The number of phosphoric acid groups is 3. The highest BCUT2D eigenvalue weighted by atomic mass is 31.3. The molecular formula is C36H68N2O15P4. The van der Waals surface area contributed by atoms with E-state index in [4.69, 9.17) is 18.1 Å². The number of unbranched alkanes of at least 4 members (excludes halogenated alkanes) is 16. The van der Waals surface area contributed by atoms with Crippen LogP contribution in [0.4, 0.5) is 0 Å². The largest absolute Gasteiger partial charge is 0.490 e. The van der Waals surface area contributed by atoms with Crippen molar-refractivity contribution < 1.29 is 59.7 Å². The standard InChI is InChI=1S/C36H68N2O15P4/c1-5-8-10-11-12-13-14-15-16-17-18-19-20-21-22-23-27-54(41,48-29-32(7-3)24-9-6-2)51-56(44,45)53-57(46,47)52-55(42,43)49-30-33-25-26-34(50-33)38-28-31(4)35(39)37-36(38)40/h25-26,28,32-34H,5-24,27,29-30H2,1-4H3,(H,42,43)(H,44,45)(H,46,47)(H,37,39,40)/t32?,33-,34+,54?/m0/s1. The number of phosphoric ester groups is 1. The highest BCUT2D eigenvalue weighted by Gasteiger charge is 2.46. The molecule has 5 unspecified atom stereocenters. The van der Waals surface area contributed by atoms with E-state index in [-0.39, 0.29) is 24.3 Å². The van der Waals surface area contributed by atoms with Crippen LogP contribution in [0.15, 0.2) is 27.9 Å². The Balaban J connectivity index is 1.86. The van der Waals surface area contributed by atoms with Crippen molar-refractivity contribution in [1.82, 2.24) is 9.55 Å². The third-order valence-corrected chi connectivity index (χ3v) is 16.6. The highest BCUT2D eigenvalue weighted by molar-refractivity contribution is 7.70. The van der Waals surface area contributed by atoms with Gasteiger partial charge in [0.2, 0.25) is 0 Å². The smallest absolute Gasteiger partial charge is 0.344 e. The van der Waals surface area contributed by atoms with Crippen molar-refractivity contribution in [2.75, 3.05) is 19.4 Å². The van der Waals surface area contributed by atoms with Crippen molar-refractivity contribution in [3.8, 4) is 0 Å². The summed E-state index contributed by atoms with van der Waals surface area (Å²) in [4.78, 5) is 56.7. The minimum absolute atomic E-state index is 0.0212. The normalized spacial score (nSPS) is 20.5. The van der Waals surface area contributed by atoms with E-state index in [0.717, 1.165) is 49.5 Å². The third kappa shape index (κ3) is 22.4. The minimum Gasteiger partial charge on any atom is -0.344 e. The lowest BCUT2D eigenvalue weighted by molar-refractivity contribution is -0.0105. The maximum absolute atomic E-state index is 13.8. The van der Waals surface area contributed by atoms with Crippen LogP contribution in [0.3, 0.4) is 0 Å². The van der Waals surface area contributed by atoms with Gasteiger partial charge in [0.05, 0.1) is 19.4 Å². The number of hydrogen-bond donors (Lipinski definition) is 4. The van der Waals surface area contributed by atoms with Gasteiger partial charge in [-0.1, -0.05) is 142 Å². The topological polar surface area (TPSA) is 239 Å². The molecule has 2 heterocycles. The number of nitrogens with zero attached hydrogens (tertiary/aromatic N) is 1. The number of H-pyrrole nitrogens is 1. The molecule has 0 aromatic carbocycles. The maximum Gasteiger partial charge on any atom is 0.490 e. The molecule has 1 aliphatic heterocycles. The summed E-state index contributed by atoms with van der Waals surface area (Å²) in [5.41, 5.74) is -1.12. The first-order valence-electron chi connectivity index (χ1n) is 20.6. The average Bonchev–Trinajstić information content (AvgIpc) is 3.60. The summed E-state index contributed by atoms with van der Waals surface area (Å²) in [5.74, 6) is -0.0212. The van der Waals surface area contributed by atoms with Crippen molar-refractivity contribution >= 4 is 31.1 Å². The van der Waals surface area contributed by atoms with E-state index in [1.54, 1.807) is 0 Å². The third-order valence-electron chi connectivity index (χ3n) is 9.60. The van der Waals surface area contributed by atoms with Crippen LogP contribution in [0.2, 0.25) is 0 Å². The summed E-state index contributed by atoms with van der Waals surface area (Å²) >= 11 is 0. The molecule has 57 heavy (non-hydrogen) atoms. The average molecular weight is 893 g/mol. The number of nitrogens with one attached hydrogen (secondary N) is 1. The molecule has 0 aliphatic carbocycles. The number of rotatable bonds is 34. The van der Waals surface area contributed by atoms with Crippen LogP contribution in [0.5, 0.6) is 0 Å². The molecule has 1 aromatic rings. The van der Waals surface area contributed by atoms with Crippen molar-refractivity contribution in [3.63, 3.8) is 0 Å². The Kier molecular flexibility index (Phi) is 24.7. The van der Waals surface area contributed by atoms with Crippen LogP contribution < -0.4 is 11.2 Å². The molecule has 0 saturated heterocycles. The molecule has 21 heteroatoms. The molecule has 2 rings (SSSR count). The van der Waals surface area contributed by atoms with E-state index in [1.165, 1.54) is 89.5 Å². The molecule has 0 spiro atoms. The van der Waals surface area contributed by atoms with E-state index >= 15 is 0 Å². The molecule has 1 aromatic heterocycles. The van der Waals surface area contributed by atoms with E-state index in [2.05, 4.69) is 20.5 Å². The molecular weight excluding hydrogens is 824 g/mol. The van der Waals surface area contributed by atoms with Gasteiger partial charge in [0.25, 0.3) is 5.56 Å². The first-order chi connectivity index (χ1) is 26.9. The Morgan fingerprint density at radius 3 is 1.75 bits per heavy atom. The molecule has 0 bridgehead atoms. The predicted octanol–water partition coefficient (Wildman–Crippen LogP) is 10.4. The number of ether oxygens (including phenoxy) is 1. The monoisotopic (exact) mass is 892 g/mol. The lowest BCUT2D eigenvalue weighted by Crippen LogP contribution is -2.33. The van der Waals surface area contributed by atoms with Gasteiger partial charge in [-0.2, -0.15) is 8.62 Å². The number of aryl methyl sites for hydroxylation is 1. The summed E-state index contributed by atoms with van der Waals surface area (Å²) in [7, 11) is -21.4. The fourth-order valence-corrected chi connectivity index (χ4v) is 12.6. The zero-order valence-corrected chi connectivity index (χ0v) is 37.8. The second-order valence-corrected chi connectivity index (χ2v) is 21.7. The quantitative estimate of drug-likeness (QED) is 0.0286. The molecule has 332 valence electrons. The summed E-state index contributed by atoms with van der Waals surface area (Å²) in [6.45, 7) is 6.88. The number of aromatic amines is 1. The predicted molar refractivity (Wildman–Crippen MR) is 219 cm³/mol. The molecule has 0 saturated carbocycles. The van der Waals surface area contributed by atoms with Gasteiger partial charge in [0, 0.05) is 11.8 Å². The Morgan fingerprint density at radius 2 is 1.21 bits per heavy atom. The van der Waals surface area contributed by atoms with Crippen LogP contribution in [-0.2, 0) is 45.0 Å². The second kappa shape index (κ2) is 27.0. The van der Waals surface area contributed by atoms with Gasteiger partial charge in [-0.05, 0) is 31.8 Å². The first kappa shape index (κ1) is 52.1. The highest BCUT2D eigenvalue weighted by Crippen LogP contribution is 2.72.